The van der Waals surface area contributed by atoms with E-state index in [0.717, 1.165) is 5.75 Å². The van der Waals surface area contributed by atoms with Crippen molar-refractivity contribution in [1.82, 2.24) is 10.2 Å². The van der Waals surface area contributed by atoms with E-state index in [9.17, 15) is 9.59 Å². The van der Waals surface area contributed by atoms with Gasteiger partial charge in [-0.05, 0) is 36.4 Å². The third-order valence-corrected chi connectivity index (χ3v) is 3.93. The molecule has 3 amide bonds. The van der Waals surface area contributed by atoms with E-state index in [1.165, 1.54) is 6.26 Å². The Labute approximate surface area is 155 Å². The summed E-state index contributed by atoms with van der Waals surface area (Å²) >= 11 is 0. The molecule has 2 aromatic rings. The third-order valence-electron chi connectivity index (χ3n) is 3.93. The number of para-hydroxylation sites is 1. The molecule has 0 saturated carbocycles. The Hall–Kier alpha value is -3.81. The van der Waals surface area contributed by atoms with Crippen LogP contribution in [0.25, 0.3) is 0 Å². The molecule has 0 radical (unpaired) electrons. The van der Waals surface area contributed by atoms with Crippen molar-refractivity contribution in [3.63, 3.8) is 0 Å². The van der Waals surface area contributed by atoms with E-state index in [1.54, 1.807) is 29.2 Å². The second-order valence-corrected chi connectivity index (χ2v) is 5.79. The number of aliphatic imine (C=N–C) groups is 1. The SMILES string of the molecule is O=C1N=C2OC=C(C(=O)Nc3ccc(Oc4ccccc4)cc3)N2CCN1. The summed E-state index contributed by atoms with van der Waals surface area (Å²) in [6.45, 7) is 0.763. The first-order chi connectivity index (χ1) is 13.2. The van der Waals surface area contributed by atoms with E-state index in [1.807, 2.05) is 30.3 Å². The standard InChI is InChI=1S/C19H16N4O4/c24-17(16-12-26-19-22-18(25)20-10-11-23(16)19)21-13-6-8-15(9-7-13)27-14-4-2-1-3-5-14/h1-9,12H,10-11H2,(H,20,25)(H,21,24). The van der Waals surface area contributed by atoms with Crippen molar-refractivity contribution >= 4 is 23.6 Å². The first-order valence-electron chi connectivity index (χ1n) is 8.34. The lowest BCUT2D eigenvalue weighted by Gasteiger charge is -2.17. The van der Waals surface area contributed by atoms with Crippen LogP contribution in [-0.2, 0) is 9.53 Å². The predicted octanol–water partition coefficient (Wildman–Crippen LogP) is 2.67. The zero-order valence-electron chi connectivity index (χ0n) is 14.2. The van der Waals surface area contributed by atoms with Crippen LogP contribution in [0.3, 0.4) is 0 Å². The maximum Gasteiger partial charge on any atom is 0.345 e. The molecule has 0 atom stereocenters. The van der Waals surface area contributed by atoms with Gasteiger partial charge in [-0.15, -0.1) is 4.99 Å². The number of anilines is 1. The molecule has 8 nitrogen and oxygen atoms in total. The van der Waals surface area contributed by atoms with Crippen molar-refractivity contribution in [2.75, 3.05) is 18.4 Å². The summed E-state index contributed by atoms with van der Waals surface area (Å²) in [6, 6.07) is 16.1. The van der Waals surface area contributed by atoms with Crippen LogP contribution in [0.1, 0.15) is 0 Å². The van der Waals surface area contributed by atoms with Crippen LogP contribution < -0.4 is 15.4 Å². The van der Waals surface area contributed by atoms with Crippen molar-refractivity contribution in [3.8, 4) is 11.5 Å². The van der Waals surface area contributed by atoms with Gasteiger partial charge in [0, 0.05) is 18.8 Å². The molecule has 2 heterocycles. The number of carbonyl (C=O) groups is 2. The van der Waals surface area contributed by atoms with Crippen molar-refractivity contribution in [3.05, 3.63) is 66.6 Å². The summed E-state index contributed by atoms with van der Waals surface area (Å²) in [5, 5.41) is 5.38. The number of nitrogens with zero attached hydrogens (tertiary/aromatic N) is 2. The highest BCUT2D eigenvalue weighted by Crippen LogP contribution is 2.24. The number of benzene rings is 2. The summed E-state index contributed by atoms with van der Waals surface area (Å²) in [6.07, 6.45) is 1.29. The van der Waals surface area contributed by atoms with Gasteiger partial charge in [0.2, 0.25) is 0 Å². The summed E-state index contributed by atoms with van der Waals surface area (Å²) in [5.41, 5.74) is 0.894. The minimum absolute atomic E-state index is 0.0989. The Balaban J connectivity index is 1.41. The Kier molecular flexibility index (Phi) is 4.44. The highest BCUT2D eigenvalue weighted by atomic mass is 16.5. The van der Waals surface area contributed by atoms with Gasteiger partial charge in [-0.3, -0.25) is 9.69 Å². The molecule has 0 spiro atoms. The van der Waals surface area contributed by atoms with E-state index < -0.39 is 6.03 Å². The average molecular weight is 364 g/mol. The first kappa shape index (κ1) is 16.6. The molecule has 8 heteroatoms. The molecule has 27 heavy (non-hydrogen) atoms. The average Bonchev–Trinajstić information content (AvgIpc) is 2.97. The Morgan fingerprint density at radius 2 is 1.85 bits per heavy atom. The fourth-order valence-electron chi connectivity index (χ4n) is 2.64. The van der Waals surface area contributed by atoms with Gasteiger partial charge >= 0.3 is 12.1 Å². The van der Waals surface area contributed by atoms with Crippen LogP contribution in [0.5, 0.6) is 11.5 Å². The molecule has 2 aliphatic heterocycles. The summed E-state index contributed by atoms with van der Waals surface area (Å²) in [4.78, 5) is 29.3. The van der Waals surface area contributed by atoms with Gasteiger partial charge in [0.15, 0.2) is 0 Å². The molecule has 2 aromatic carbocycles. The lowest BCUT2D eigenvalue weighted by molar-refractivity contribution is -0.113. The molecular weight excluding hydrogens is 348 g/mol. The second-order valence-electron chi connectivity index (χ2n) is 5.79. The Morgan fingerprint density at radius 3 is 2.63 bits per heavy atom. The fourth-order valence-corrected chi connectivity index (χ4v) is 2.64. The molecule has 0 saturated heterocycles. The van der Waals surface area contributed by atoms with E-state index in [4.69, 9.17) is 9.47 Å². The topological polar surface area (TPSA) is 92.3 Å². The monoisotopic (exact) mass is 364 g/mol. The van der Waals surface area contributed by atoms with Gasteiger partial charge in [0.25, 0.3) is 5.91 Å². The fraction of sp³-hybridized carbons (Fsp3) is 0.105. The number of rotatable bonds is 4. The van der Waals surface area contributed by atoms with Crippen molar-refractivity contribution in [2.45, 2.75) is 0 Å². The molecule has 0 bridgehead atoms. The number of ether oxygens (including phenoxy) is 2. The zero-order valence-corrected chi connectivity index (χ0v) is 14.2. The number of amides is 3. The molecule has 2 aliphatic rings. The quantitative estimate of drug-likeness (QED) is 0.870. The molecular formula is C19H16N4O4. The smallest absolute Gasteiger partial charge is 0.345 e. The number of hydrogen-bond acceptors (Lipinski definition) is 5. The summed E-state index contributed by atoms with van der Waals surface area (Å²) < 4.78 is 11.0. The maximum absolute atomic E-state index is 12.5. The van der Waals surface area contributed by atoms with Crippen LogP contribution in [-0.4, -0.2) is 35.9 Å². The number of carbonyl (C=O) groups excluding carboxylic acids is 2. The van der Waals surface area contributed by atoms with Gasteiger partial charge < -0.3 is 20.1 Å². The number of amidine groups is 1. The van der Waals surface area contributed by atoms with E-state index in [2.05, 4.69) is 15.6 Å². The minimum atomic E-state index is -0.489. The lowest BCUT2D eigenvalue weighted by atomic mass is 10.3. The Bertz CT molecular complexity index is 922. The third kappa shape index (κ3) is 3.74. The molecule has 0 aliphatic carbocycles. The van der Waals surface area contributed by atoms with Gasteiger partial charge in [0.05, 0.1) is 0 Å². The van der Waals surface area contributed by atoms with E-state index >= 15 is 0 Å². The molecule has 136 valence electrons. The maximum atomic E-state index is 12.5. The number of fused-ring (bicyclic) bond motifs is 1. The van der Waals surface area contributed by atoms with Crippen LogP contribution >= 0.6 is 0 Å². The first-order valence-corrected chi connectivity index (χ1v) is 8.34. The van der Waals surface area contributed by atoms with E-state index in [0.29, 0.717) is 24.5 Å². The minimum Gasteiger partial charge on any atom is -0.457 e. The predicted molar refractivity (Wildman–Crippen MR) is 98.3 cm³/mol. The molecule has 2 N–H and O–H groups in total. The van der Waals surface area contributed by atoms with Crippen molar-refractivity contribution < 1.29 is 19.1 Å². The molecule has 0 unspecified atom stereocenters. The van der Waals surface area contributed by atoms with Crippen molar-refractivity contribution in [1.29, 1.82) is 0 Å². The normalized spacial score (nSPS) is 15.6. The zero-order chi connectivity index (χ0) is 18.6. The van der Waals surface area contributed by atoms with Crippen LogP contribution in [0.15, 0.2) is 71.5 Å². The lowest BCUT2D eigenvalue weighted by Crippen LogP contribution is -2.34. The van der Waals surface area contributed by atoms with Crippen LogP contribution in [0, 0.1) is 0 Å². The largest absolute Gasteiger partial charge is 0.457 e. The highest BCUT2D eigenvalue weighted by molar-refractivity contribution is 6.07. The summed E-state index contributed by atoms with van der Waals surface area (Å²) in [7, 11) is 0. The van der Waals surface area contributed by atoms with Crippen LogP contribution in [0.2, 0.25) is 0 Å². The van der Waals surface area contributed by atoms with Gasteiger partial charge in [-0.25, -0.2) is 4.79 Å². The highest BCUT2D eigenvalue weighted by Gasteiger charge is 2.31. The molecule has 4 rings (SSSR count). The van der Waals surface area contributed by atoms with Crippen LogP contribution in [0.4, 0.5) is 10.5 Å². The second kappa shape index (κ2) is 7.20. The van der Waals surface area contributed by atoms with Crippen molar-refractivity contribution in [2.24, 2.45) is 4.99 Å². The van der Waals surface area contributed by atoms with Gasteiger partial charge in [-0.1, -0.05) is 18.2 Å². The molecule has 0 aromatic heterocycles. The number of nitrogens with one attached hydrogen (secondary N) is 2. The van der Waals surface area contributed by atoms with Gasteiger partial charge in [-0.2, -0.15) is 0 Å². The van der Waals surface area contributed by atoms with E-state index in [-0.39, 0.29) is 17.6 Å². The summed E-state index contributed by atoms with van der Waals surface area (Å²) in [5.74, 6) is 1.04. The Morgan fingerprint density at radius 1 is 1.11 bits per heavy atom. The van der Waals surface area contributed by atoms with Gasteiger partial charge in [0.1, 0.15) is 23.5 Å². The molecule has 0 fully saturated rings. The number of urea groups is 1. The number of hydrogen-bond donors (Lipinski definition) is 2.